The normalized spacial score (nSPS) is 18.0. The molecular formula is C17H19N3O2. The first-order chi connectivity index (χ1) is 10.7. The van der Waals surface area contributed by atoms with Gasteiger partial charge in [-0.25, -0.2) is 4.98 Å². The molecule has 1 aromatic heterocycles. The summed E-state index contributed by atoms with van der Waals surface area (Å²) in [5, 5.41) is 0. The Balaban J connectivity index is 1.69. The van der Waals surface area contributed by atoms with Gasteiger partial charge in [-0.15, -0.1) is 0 Å². The lowest BCUT2D eigenvalue weighted by Gasteiger charge is -2.33. The minimum Gasteiger partial charge on any atom is -0.438 e. The van der Waals surface area contributed by atoms with Crippen molar-refractivity contribution in [3.63, 3.8) is 0 Å². The number of piperidine rings is 1. The van der Waals surface area contributed by atoms with Crippen LogP contribution in [0.15, 0.2) is 42.9 Å². The molecule has 1 aliphatic heterocycles. The van der Waals surface area contributed by atoms with E-state index in [1.807, 2.05) is 4.90 Å². The number of likely N-dealkylation sites (tertiary alicyclic amines) is 1. The van der Waals surface area contributed by atoms with Crippen LogP contribution in [-0.4, -0.2) is 33.4 Å². The topological polar surface area (TPSA) is 55.3 Å². The van der Waals surface area contributed by atoms with E-state index >= 15 is 0 Å². The lowest BCUT2D eigenvalue weighted by Crippen LogP contribution is -2.41. The number of amides is 1. The molecule has 5 heteroatoms. The van der Waals surface area contributed by atoms with E-state index in [4.69, 9.17) is 4.74 Å². The van der Waals surface area contributed by atoms with Crippen LogP contribution in [0.1, 0.15) is 36.5 Å². The number of hydrogen-bond donors (Lipinski definition) is 0. The largest absolute Gasteiger partial charge is 0.438 e. The third kappa shape index (κ3) is 3.24. The average Bonchev–Trinajstić information content (AvgIpc) is 2.56. The van der Waals surface area contributed by atoms with Crippen molar-refractivity contribution in [3.8, 4) is 11.6 Å². The average molecular weight is 297 g/mol. The Morgan fingerprint density at radius 1 is 1.23 bits per heavy atom. The molecule has 1 unspecified atom stereocenters. The summed E-state index contributed by atoms with van der Waals surface area (Å²) in [5.41, 5.74) is 0.695. The van der Waals surface area contributed by atoms with Crippen molar-refractivity contribution < 1.29 is 9.53 Å². The molecular weight excluding hydrogens is 278 g/mol. The number of benzene rings is 1. The van der Waals surface area contributed by atoms with Gasteiger partial charge in [0.1, 0.15) is 5.75 Å². The predicted octanol–water partition coefficient (Wildman–Crippen LogP) is 3.28. The van der Waals surface area contributed by atoms with Gasteiger partial charge in [0.15, 0.2) is 0 Å². The van der Waals surface area contributed by atoms with Crippen molar-refractivity contribution in [1.82, 2.24) is 14.9 Å². The number of carbonyl (C=O) groups is 1. The van der Waals surface area contributed by atoms with Gasteiger partial charge in [0.2, 0.25) is 5.88 Å². The zero-order valence-corrected chi connectivity index (χ0v) is 12.6. The maximum absolute atomic E-state index is 12.5. The van der Waals surface area contributed by atoms with Gasteiger partial charge in [-0.3, -0.25) is 9.78 Å². The molecule has 1 amide bonds. The van der Waals surface area contributed by atoms with Crippen LogP contribution in [0.3, 0.4) is 0 Å². The SMILES string of the molecule is CC1CCCCN1C(=O)c1ccc(Oc2cnccn2)cc1. The van der Waals surface area contributed by atoms with Gasteiger partial charge < -0.3 is 9.64 Å². The summed E-state index contributed by atoms with van der Waals surface area (Å²) in [6.45, 7) is 2.96. The van der Waals surface area contributed by atoms with Gasteiger partial charge in [0, 0.05) is 30.5 Å². The van der Waals surface area contributed by atoms with E-state index in [1.165, 1.54) is 6.42 Å². The Labute approximate surface area is 130 Å². The van der Waals surface area contributed by atoms with Crippen molar-refractivity contribution >= 4 is 5.91 Å². The van der Waals surface area contributed by atoms with E-state index in [9.17, 15) is 4.79 Å². The van der Waals surface area contributed by atoms with Gasteiger partial charge in [0.25, 0.3) is 5.91 Å². The molecule has 0 aliphatic carbocycles. The summed E-state index contributed by atoms with van der Waals surface area (Å²) in [7, 11) is 0. The molecule has 114 valence electrons. The molecule has 0 spiro atoms. The highest BCUT2D eigenvalue weighted by molar-refractivity contribution is 5.94. The fourth-order valence-corrected chi connectivity index (χ4v) is 2.69. The standard InChI is InChI=1S/C17H19N3O2/c1-13-4-2-3-11-20(13)17(21)14-5-7-15(8-6-14)22-16-12-18-9-10-19-16/h5-10,12-13H,2-4,11H2,1H3. The quantitative estimate of drug-likeness (QED) is 0.872. The molecule has 5 nitrogen and oxygen atoms in total. The van der Waals surface area contributed by atoms with Gasteiger partial charge in [-0.1, -0.05) is 0 Å². The number of ether oxygens (including phenoxy) is 1. The van der Waals surface area contributed by atoms with Crippen LogP contribution < -0.4 is 4.74 Å². The Morgan fingerprint density at radius 2 is 2.05 bits per heavy atom. The number of carbonyl (C=O) groups excluding carboxylic acids is 1. The summed E-state index contributed by atoms with van der Waals surface area (Å²) < 4.78 is 5.58. The van der Waals surface area contributed by atoms with E-state index in [0.29, 0.717) is 23.2 Å². The predicted molar refractivity (Wildman–Crippen MR) is 82.9 cm³/mol. The van der Waals surface area contributed by atoms with E-state index in [2.05, 4.69) is 16.9 Å². The van der Waals surface area contributed by atoms with E-state index in [0.717, 1.165) is 19.4 Å². The van der Waals surface area contributed by atoms with Gasteiger partial charge in [-0.05, 0) is 50.5 Å². The minimum absolute atomic E-state index is 0.0956. The summed E-state index contributed by atoms with van der Waals surface area (Å²) in [6.07, 6.45) is 8.09. The third-order valence-electron chi connectivity index (χ3n) is 3.93. The Hall–Kier alpha value is -2.43. The van der Waals surface area contributed by atoms with Crippen LogP contribution in [0.25, 0.3) is 0 Å². The second kappa shape index (κ2) is 6.56. The first-order valence-corrected chi connectivity index (χ1v) is 7.59. The summed E-state index contributed by atoms with van der Waals surface area (Å²) in [4.78, 5) is 22.5. The Bertz CT molecular complexity index is 628. The maximum atomic E-state index is 12.5. The van der Waals surface area contributed by atoms with Gasteiger partial charge >= 0.3 is 0 Å². The molecule has 22 heavy (non-hydrogen) atoms. The van der Waals surface area contributed by atoms with Crippen LogP contribution in [0.4, 0.5) is 0 Å². The number of aromatic nitrogens is 2. The van der Waals surface area contributed by atoms with Crippen molar-refractivity contribution in [2.24, 2.45) is 0 Å². The first-order valence-electron chi connectivity index (χ1n) is 7.59. The molecule has 0 bridgehead atoms. The summed E-state index contributed by atoms with van der Waals surface area (Å²) in [5.74, 6) is 1.17. The molecule has 0 radical (unpaired) electrons. The molecule has 1 fully saturated rings. The highest BCUT2D eigenvalue weighted by Gasteiger charge is 2.24. The van der Waals surface area contributed by atoms with Crippen molar-refractivity contribution in [3.05, 3.63) is 48.4 Å². The van der Waals surface area contributed by atoms with E-state index < -0.39 is 0 Å². The smallest absolute Gasteiger partial charge is 0.254 e. The number of hydrogen-bond acceptors (Lipinski definition) is 4. The second-order valence-electron chi connectivity index (χ2n) is 5.51. The first kappa shape index (κ1) is 14.5. The monoisotopic (exact) mass is 297 g/mol. The molecule has 0 saturated carbocycles. The maximum Gasteiger partial charge on any atom is 0.254 e. The molecule has 1 atom stereocenters. The molecule has 2 aromatic rings. The van der Waals surface area contributed by atoms with E-state index in [-0.39, 0.29) is 5.91 Å². The fraction of sp³-hybridized carbons (Fsp3) is 0.353. The lowest BCUT2D eigenvalue weighted by atomic mass is 10.0. The van der Waals surface area contributed by atoms with Gasteiger partial charge in [-0.2, -0.15) is 0 Å². The van der Waals surface area contributed by atoms with Crippen LogP contribution in [0, 0.1) is 0 Å². The summed E-state index contributed by atoms with van der Waals surface area (Å²) >= 11 is 0. The zero-order chi connectivity index (χ0) is 15.4. The molecule has 3 rings (SSSR count). The van der Waals surface area contributed by atoms with Crippen LogP contribution >= 0.6 is 0 Å². The molecule has 0 N–H and O–H groups in total. The van der Waals surface area contributed by atoms with Crippen LogP contribution in [-0.2, 0) is 0 Å². The molecule has 2 heterocycles. The minimum atomic E-state index is 0.0956. The molecule has 1 aliphatic rings. The van der Waals surface area contributed by atoms with Crippen molar-refractivity contribution in [2.45, 2.75) is 32.2 Å². The molecule has 1 aromatic carbocycles. The fourth-order valence-electron chi connectivity index (χ4n) is 2.69. The number of nitrogens with zero attached hydrogens (tertiary/aromatic N) is 3. The third-order valence-corrected chi connectivity index (χ3v) is 3.93. The Morgan fingerprint density at radius 3 is 2.73 bits per heavy atom. The van der Waals surface area contributed by atoms with Gasteiger partial charge in [0.05, 0.1) is 6.20 Å². The second-order valence-corrected chi connectivity index (χ2v) is 5.51. The van der Waals surface area contributed by atoms with Crippen LogP contribution in [0.2, 0.25) is 0 Å². The van der Waals surface area contributed by atoms with Crippen LogP contribution in [0.5, 0.6) is 11.6 Å². The Kier molecular flexibility index (Phi) is 4.32. The molecule has 1 saturated heterocycles. The van der Waals surface area contributed by atoms with E-state index in [1.54, 1.807) is 42.9 Å². The summed E-state index contributed by atoms with van der Waals surface area (Å²) in [6, 6.07) is 7.49. The number of rotatable bonds is 3. The van der Waals surface area contributed by atoms with Crippen molar-refractivity contribution in [1.29, 1.82) is 0 Å². The highest BCUT2D eigenvalue weighted by atomic mass is 16.5. The lowest BCUT2D eigenvalue weighted by molar-refractivity contribution is 0.0635. The van der Waals surface area contributed by atoms with Crippen molar-refractivity contribution in [2.75, 3.05) is 6.54 Å². The highest BCUT2D eigenvalue weighted by Crippen LogP contribution is 2.22. The zero-order valence-electron chi connectivity index (χ0n) is 12.6.